The number of fused-ring (bicyclic) bond motifs is 1. The van der Waals surface area contributed by atoms with Crippen molar-refractivity contribution in [2.24, 2.45) is 7.05 Å². The molecule has 4 rings (SSSR count). The molecule has 0 radical (unpaired) electrons. The van der Waals surface area contributed by atoms with Crippen LogP contribution in [0.5, 0.6) is 11.5 Å². The highest BCUT2D eigenvalue weighted by molar-refractivity contribution is 5.81. The highest BCUT2D eigenvalue weighted by Crippen LogP contribution is 2.37. The number of hydrogen-bond acceptors (Lipinski definition) is 7. The summed E-state index contributed by atoms with van der Waals surface area (Å²) in [6, 6.07) is 3.48. The Kier molecular flexibility index (Phi) is 7.12. The summed E-state index contributed by atoms with van der Waals surface area (Å²) in [6.07, 6.45) is 0.153. The number of hydrogen-bond donors (Lipinski definition) is 1. The zero-order valence-corrected chi connectivity index (χ0v) is 20.3. The Morgan fingerprint density at radius 2 is 1.86 bits per heavy atom. The Hall–Kier alpha value is -4.06. The lowest BCUT2D eigenvalue weighted by atomic mass is 9.99. The molecule has 12 heteroatoms. The highest BCUT2D eigenvalue weighted by atomic mass is 19.4. The Morgan fingerprint density at radius 1 is 1.11 bits per heavy atom. The van der Waals surface area contributed by atoms with Gasteiger partial charge in [0.15, 0.2) is 5.75 Å². The molecule has 0 fully saturated rings. The topological polar surface area (TPSA) is 112 Å². The standard InChI is InChI=1S/C25H24F3N5O4/c1-4-5-8-33-23(35)20-19(21(34)15-6-7-18(30-11-15)25(26,27)28)17(13-31-22(20)32(3)24(33)36)37-16-9-14(2)10-29-12-16/h6-7,9-13,21,34H,4-5,8H2,1-3H3. The lowest BCUT2D eigenvalue weighted by molar-refractivity contribution is -0.141. The first-order chi connectivity index (χ1) is 17.5. The molecule has 9 nitrogen and oxygen atoms in total. The summed E-state index contributed by atoms with van der Waals surface area (Å²) >= 11 is 0. The van der Waals surface area contributed by atoms with Crippen LogP contribution in [0.4, 0.5) is 13.2 Å². The fraction of sp³-hybridized carbons (Fsp3) is 0.320. The van der Waals surface area contributed by atoms with Gasteiger partial charge in [0.1, 0.15) is 23.2 Å². The largest absolute Gasteiger partial charge is 0.454 e. The van der Waals surface area contributed by atoms with Crippen LogP contribution in [0.15, 0.2) is 52.6 Å². The predicted octanol–water partition coefficient (Wildman–Crippen LogP) is 3.89. The number of ether oxygens (including phenoxy) is 1. The van der Waals surface area contributed by atoms with Crippen molar-refractivity contribution in [1.29, 1.82) is 0 Å². The lowest BCUT2D eigenvalue weighted by Crippen LogP contribution is -2.40. The number of rotatable bonds is 7. The Labute approximate surface area is 208 Å². The number of pyridine rings is 3. The van der Waals surface area contributed by atoms with Crippen LogP contribution in [0.1, 0.15) is 48.3 Å². The summed E-state index contributed by atoms with van der Waals surface area (Å²) in [4.78, 5) is 38.2. The molecular formula is C25H24F3N5O4. The minimum Gasteiger partial charge on any atom is -0.454 e. The van der Waals surface area contributed by atoms with E-state index in [1.54, 1.807) is 19.2 Å². The molecule has 4 aromatic rings. The number of aryl methyl sites for hydroxylation is 2. The van der Waals surface area contributed by atoms with Crippen LogP contribution < -0.4 is 16.0 Å². The summed E-state index contributed by atoms with van der Waals surface area (Å²) in [5, 5.41) is 11.3. The molecule has 0 amide bonds. The van der Waals surface area contributed by atoms with Gasteiger partial charge in [-0.05, 0) is 31.0 Å². The third-order valence-electron chi connectivity index (χ3n) is 5.84. The van der Waals surface area contributed by atoms with Gasteiger partial charge in [0.2, 0.25) is 0 Å². The van der Waals surface area contributed by atoms with E-state index in [0.717, 1.165) is 34.9 Å². The van der Waals surface area contributed by atoms with E-state index >= 15 is 0 Å². The Bertz CT molecular complexity index is 1560. The van der Waals surface area contributed by atoms with E-state index < -0.39 is 29.2 Å². The summed E-state index contributed by atoms with van der Waals surface area (Å²) < 4.78 is 47.3. The van der Waals surface area contributed by atoms with E-state index in [1.807, 2.05) is 6.92 Å². The van der Waals surface area contributed by atoms with Gasteiger partial charge in [-0.15, -0.1) is 0 Å². The highest BCUT2D eigenvalue weighted by Gasteiger charge is 2.33. The van der Waals surface area contributed by atoms with Crippen LogP contribution in [0, 0.1) is 6.92 Å². The van der Waals surface area contributed by atoms with Crippen molar-refractivity contribution in [2.45, 2.75) is 45.5 Å². The fourth-order valence-electron chi connectivity index (χ4n) is 3.93. The first-order valence-corrected chi connectivity index (χ1v) is 11.5. The van der Waals surface area contributed by atoms with Crippen molar-refractivity contribution in [1.82, 2.24) is 24.1 Å². The van der Waals surface area contributed by atoms with Crippen molar-refractivity contribution in [3.63, 3.8) is 0 Å². The van der Waals surface area contributed by atoms with E-state index in [0.29, 0.717) is 6.42 Å². The molecule has 4 aromatic heterocycles. The number of alkyl halides is 3. The van der Waals surface area contributed by atoms with Gasteiger partial charge in [-0.25, -0.2) is 9.78 Å². The number of halogens is 3. The van der Waals surface area contributed by atoms with Crippen LogP contribution in [0.3, 0.4) is 0 Å². The molecule has 4 heterocycles. The Morgan fingerprint density at radius 3 is 2.49 bits per heavy atom. The maximum Gasteiger partial charge on any atom is 0.433 e. The van der Waals surface area contributed by atoms with Gasteiger partial charge in [-0.1, -0.05) is 19.4 Å². The molecular weight excluding hydrogens is 491 g/mol. The summed E-state index contributed by atoms with van der Waals surface area (Å²) in [6.45, 7) is 3.85. The Balaban J connectivity index is 1.99. The molecule has 0 bridgehead atoms. The van der Waals surface area contributed by atoms with E-state index in [4.69, 9.17) is 4.74 Å². The minimum atomic E-state index is -4.66. The molecule has 0 aliphatic carbocycles. The monoisotopic (exact) mass is 515 g/mol. The van der Waals surface area contributed by atoms with Crippen LogP contribution in [-0.4, -0.2) is 29.2 Å². The molecule has 0 aliphatic rings. The number of unbranched alkanes of at least 4 members (excludes halogenated alkanes) is 1. The van der Waals surface area contributed by atoms with Crippen molar-refractivity contribution in [2.75, 3.05) is 0 Å². The first kappa shape index (κ1) is 26.0. The number of aliphatic hydroxyl groups is 1. The van der Waals surface area contributed by atoms with Gasteiger partial charge in [-0.3, -0.25) is 23.9 Å². The van der Waals surface area contributed by atoms with Gasteiger partial charge >= 0.3 is 11.9 Å². The van der Waals surface area contributed by atoms with Crippen LogP contribution in [0.2, 0.25) is 0 Å². The average molecular weight is 515 g/mol. The van der Waals surface area contributed by atoms with Crippen LogP contribution in [-0.2, 0) is 19.8 Å². The summed E-state index contributed by atoms with van der Waals surface area (Å²) in [5.41, 5.74) is -1.70. The molecule has 0 spiro atoms. The molecule has 0 saturated heterocycles. The normalized spacial score (nSPS) is 12.6. The third kappa shape index (κ3) is 5.10. The molecule has 1 unspecified atom stereocenters. The number of aromatic nitrogens is 5. The molecule has 0 aromatic carbocycles. The lowest BCUT2D eigenvalue weighted by Gasteiger charge is -2.20. The van der Waals surface area contributed by atoms with Crippen molar-refractivity contribution in [3.8, 4) is 11.5 Å². The molecule has 1 N–H and O–H groups in total. The van der Waals surface area contributed by atoms with Gasteiger partial charge in [0, 0.05) is 37.1 Å². The predicted molar refractivity (Wildman–Crippen MR) is 129 cm³/mol. The fourth-order valence-corrected chi connectivity index (χ4v) is 3.93. The van der Waals surface area contributed by atoms with E-state index in [1.165, 1.54) is 24.0 Å². The maximum absolute atomic E-state index is 13.6. The smallest absolute Gasteiger partial charge is 0.433 e. The minimum absolute atomic E-state index is 0.00798. The van der Waals surface area contributed by atoms with Crippen LogP contribution >= 0.6 is 0 Å². The molecule has 0 saturated carbocycles. The molecule has 37 heavy (non-hydrogen) atoms. The van der Waals surface area contributed by atoms with Gasteiger partial charge < -0.3 is 9.84 Å². The zero-order chi connectivity index (χ0) is 26.9. The average Bonchev–Trinajstić information content (AvgIpc) is 2.86. The van der Waals surface area contributed by atoms with Crippen molar-refractivity contribution >= 4 is 11.0 Å². The first-order valence-electron chi connectivity index (χ1n) is 11.5. The van der Waals surface area contributed by atoms with Crippen LogP contribution in [0.25, 0.3) is 11.0 Å². The summed E-state index contributed by atoms with van der Waals surface area (Å²) in [7, 11) is 1.44. The van der Waals surface area contributed by atoms with E-state index in [-0.39, 0.29) is 40.2 Å². The second-order valence-electron chi connectivity index (χ2n) is 8.56. The molecule has 194 valence electrons. The quantitative estimate of drug-likeness (QED) is 0.398. The van der Waals surface area contributed by atoms with Gasteiger partial charge in [0.25, 0.3) is 5.56 Å². The van der Waals surface area contributed by atoms with Crippen molar-refractivity contribution < 1.29 is 23.0 Å². The number of aliphatic hydroxyl groups excluding tert-OH is 1. The summed E-state index contributed by atoms with van der Waals surface area (Å²) in [5.74, 6) is 0.265. The van der Waals surface area contributed by atoms with E-state index in [9.17, 15) is 27.9 Å². The number of nitrogens with zero attached hydrogens (tertiary/aromatic N) is 5. The zero-order valence-electron chi connectivity index (χ0n) is 20.3. The second-order valence-corrected chi connectivity index (χ2v) is 8.56. The SMILES string of the molecule is CCCCn1c(=O)c2c(C(O)c3ccc(C(F)(F)F)nc3)c(Oc3cncc(C)c3)cnc2n(C)c1=O. The van der Waals surface area contributed by atoms with E-state index in [2.05, 4.69) is 15.0 Å². The molecule has 1 atom stereocenters. The third-order valence-corrected chi connectivity index (χ3v) is 5.84. The second kappa shape index (κ2) is 10.1. The van der Waals surface area contributed by atoms with Gasteiger partial charge in [0.05, 0.1) is 17.8 Å². The molecule has 0 aliphatic heterocycles. The maximum atomic E-state index is 13.6. The van der Waals surface area contributed by atoms with Crippen molar-refractivity contribution in [3.05, 3.63) is 86.2 Å². The van der Waals surface area contributed by atoms with Gasteiger partial charge in [-0.2, -0.15) is 13.2 Å².